The molecule has 1 heterocycles. The van der Waals surface area contributed by atoms with Gasteiger partial charge in [-0.1, -0.05) is 25.7 Å². The molecular formula is C26H36N2O7. The molecule has 1 aliphatic heterocycles. The molecule has 4 unspecified atom stereocenters. The highest BCUT2D eigenvalue weighted by Gasteiger charge is 2.52. The average molecular weight is 489 g/mol. The first-order valence-electron chi connectivity index (χ1n) is 12.5. The predicted molar refractivity (Wildman–Crippen MR) is 128 cm³/mol. The summed E-state index contributed by atoms with van der Waals surface area (Å²) in [4.78, 5) is 27.9. The first-order chi connectivity index (χ1) is 16.9. The minimum Gasteiger partial charge on any atom is -0.493 e. The van der Waals surface area contributed by atoms with Gasteiger partial charge in [0, 0.05) is 30.6 Å². The summed E-state index contributed by atoms with van der Waals surface area (Å²) in [5.74, 6) is -0.323. The van der Waals surface area contributed by atoms with Gasteiger partial charge in [-0.25, -0.2) is 0 Å². The third-order valence-electron chi connectivity index (χ3n) is 7.40. The van der Waals surface area contributed by atoms with Crippen LogP contribution in [-0.4, -0.2) is 76.6 Å². The molecule has 1 aromatic rings. The number of nitrogens with one attached hydrogen (secondary N) is 1. The lowest BCUT2D eigenvalue weighted by atomic mass is 9.76. The molecule has 2 aliphatic carbocycles. The number of benzene rings is 1. The molecule has 192 valence electrons. The van der Waals surface area contributed by atoms with Gasteiger partial charge in [-0.2, -0.15) is 0 Å². The number of hydrogen-bond acceptors (Lipinski definition) is 7. The van der Waals surface area contributed by atoms with E-state index in [2.05, 4.69) is 5.32 Å². The van der Waals surface area contributed by atoms with Crippen LogP contribution in [0.5, 0.6) is 11.5 Å². The largest absolute Gasteiger partial charge is 0.493 e. The number of ether oxygens (including phenoxy) is 2. The highest BCUT2D eigenvalue weighted by molar-refractivity contribution is 5.96. The Kier molecular flexibility index (Phi) is 7.98. The zero-order valence-electron chi connectivity index (χ0n) is 20.4. The average Bonchev–Trinajstić information content (AvgIpc) is 3.04. The fraction of sp³-hybridized carbons (Fsp3) is 0.615. The first kappa shape index (κ1) is 25.5. The standard InChI is InChI=1S/C26H36N2O7/c1-15(31)28(17-7-5-3-4-6-8-17)20-13-19(26(33)27-9-10-29)22-18-11-16(14-30)12-21(34-2)24(18)35-25(22)23(20)32/h11-13,17,20,22-23,25,29-30,32H,3-10,14H2,1-2H3,(H,27,33). The zero-order chi connectivity index (χ0) is 25.1. The summed E-state index contributed by atoms with van der Waals surface area (Å²) in [7, 11) is 1.50. The van der Waals surface area contributed by atoms with Crippen LogP contribution in [0, 0.1) is 0 Å². The smallest absolute Gasteiger partial charge is 0.247 e. The lowest BCUT2D eigenvalue weighted by molar-refractivity contribution is -0.138. The molecule has 3 aliphatic rings. The van der Waals surface area contributed by atoms with Crippen LogP contribution >= 0.6 is 0 Å². The molecule has 0 aromatic heterocycles. The molecule has 1 saturated carbocycles. The molecule has 35 heavy (non-hydrogen) atoms. The van der Waals surface area contributed by atoms with Crippen molar-refractivity contribution in [2.75, 3.05) is 20.3 Å². The highest BCUT2D eigenvalue weighted by atomic mass is 16.5. The van der Waals surface area contributed by atoms with E-state index < -0.39 is 24.2 Å². The first-order valence-corrected chi connectivity index (χ1v) is 12.5. The van der Waals surface area contributed by atoms with Crippen molar-refractivity contribution >= 4 is 11.8 Å². The Labute approximate surface area is 205 Å². The van der Waals surface area contributed by atoms with Gasteiger partial charge in [-0.05, 0) is 36.6 Å². The van der Waals surface area contributed by atoms with Crippen LogP contribution in [0.15, 0.2) is 23.8 Å². The number of methoxy groups -OCH3 is 1. The maximum absolute atomic E-state index is 13.3. The number of aliphatic hydroxyl groups excluding tert-OH is 3. The number of nitrogens with zero attached hydrogens (tertiary/aromatic N) is 1. The number of fused-ring (bicyclic) bond motifs is 3. The lowest BCUT2D eigenvalue weighted by Gasteiger charge is -2.43. The molecule has 1 fully saturated rings. The van der Waals surface area contributed by atoms with E-state index in [9.17, 15) is 24.9 Å². The topological polar surface area (TPSA) is 129 Å². The van der Waals surface area contributed by atoms with Gasteiger partial charge in [0.2, 0.25) is 11.8 Å². The van der Waals surface area contributed by atoms with E-state index in [1.165, 1.54) is 14.0 Å². The number of amides is 2. The lowest BCUT2D eigenvalue weighted by Crippen LogP contribution is -2.58. The van der Waals surface area contributed by atoms with Crippen LogP contribution in [0.25, 0.3) is 0 Å². The van der Waals surface area contributed by atoms with E-state index in [1.54, 1.807) is 23.1 Å². The van der Waals surface area contributed by atoms with Gasteiger partial charge in [0.15, 0.2) is 11.5 Å². The van der Waals surface area contributed by atoms with E-state index >= 15 is 0 Å². The number of carbonyl (C=O) groups excluding carboxylic acids is 2. The fourth-order valence-corrected chi connectivity index (χ4v) is 5.84. The van der Waals surface area contributed by atoms with Crippen molar-refractivity contribution in [3.63, 3.8) is 0 Å². The third kappa shape index (κ3) is 4.90. The van der Waals surface area contributed by atoms with Crippen molar-refractivity contribution in [3.8, 4) is 11.5 Å². The molecule has 0 radical (unpaired) electrons. The van der Waals surface area contributed by atoms with Crippen molar-refractivity contribution in [1.82, 2.24) is 10.2 Å². The van der Waals surface area contributed by atoms with Crippen LogP contribution in [0.3, 0.4) is 0 Å². The van der Waals surface area contributed by atoms with E-state index in [1.807, 2.05) is 0 Å². The Hall–Kier alpha value is -2.62. The van der Waals surface area contributed by atoms with Gasteiger partial charge in [0.05, 0.1) is 32.3 Å². The Morgan fingerprint density at radius 1 is 1.17 bits per heavy atom. The van der Waals surface area contributed by atoms with E-state index in [0.717, 1.165) is 38.5 Å². The quantitative estimate of drug-likeness (QED) is 0.427. The molecular weight excluding hydrogens is 452 g/mol. The minimum atomic E-state index is -1.07. The van der Waals surface area contributed by atoms with Gasteiger partial charge < -0.3 is 35.0 Å². The molecule has 9 heteroatoms. The van der Waals surface area contributed by atoms with E-state index in [0.29, 0.717) is 28.2 Å². The second kappa shape index (κ2) is 11.0. The van der Waals surface area contributed by atoms with Crippen molar-refractivity contribution in [3.05, 3.63) is 34.9 Å². The Balaban J connectivity index is 1.80. The molecule has 1 aromatic carbocycles. The summed E-state index contributed by atoms with van der Waals surface area (Å²) in [5, 5.41) is 33.3. The van der Waals surface area contributed by atoms with Gasteiger partial charge in [-0.15, -0.1) is 0 Å². The van der Waals surface area contributed by atoms with Crippen molar-refractivity contribution in [2.24, 2.45) is 0 Å². The Morgan fingerprint density at radius 3 is 2.49 bits per heavy atom. The van der Waals surface area contributed by atoms with Crippen LogP contribution in [-0.2, 0) is 16.2 Å². The summed E-state index contributed by atoms with van der Waals surface area (Å²) < 4.78 is 11.7. The highest BCUT2D eigenvalue weighted by Crippen LogP contribution is 2.51. The summed E-state index contributed by atoms with van der Waals surface area (Å²) in [6.45, 7) is 1.15. The summed E-state index contributed by atoms with van der Waals surface area (Å²) in [6.07, 6.45) is 5.78. The monoisotopic (exact) mass is 488 g/mol. The van der Waals surface area contributed by atoms with E-state index in [4.69, 9.17) is 9.47 Å². The van der Waals surface area contributed by atoms with Crippen LogP contribution in [0.4, 0.5) is 0 Å². The van der Waals surface area contributed by atoms with Gasteiger partial charge >= 0.3 is 0 Å². The maximum Gasteiger partial charge on any atom is 0.247 e. The van der Waals surface area contributed by atoms with Crippen LogP contribution in [0.1, 0.15) is 62.5 Å². The number of hydrogen-bond donors (Lipinski definition) is 4. The predicted octanol–water partition coefficient (Wildman–Crippen LogP) is 1.38. The third-order valence-corrected chi connectivity index (χ3v) is 7.40. The zero-order valence-corrected chi connectivity index (χ0v) is 20.4. The van der Waals surface area contributed by atoms with Crippen molar-refractivity contribution in [2.45, 2.75) is 82.3 Å². The SMILES string of the molecule is COc1cc(CO)cc2c1OC1C2C(C(=O)NCCO)=CC(N(C(C)=O)C2CCCCCC2)C1O. The maximum atomic E-state index is 13.3. The summed E-state index contributed by atoms with van der Waals surface area (Å²) in [6, 6.07) is 2.67. The van der Waals surface area contributed by atoms with Crippen LogP contribution < -0.4 is 14.8 Å². The van der Waals surface area contributed by atoms with Crippen LogP contribution in [0.2, 0.25) is 0 Å². The number of carbonyl (C=O) groups is 2. The summed E-state index contributed by atoms with van der Waals surface area (Å²) in [5.41, 5.74) is 1.61. The minimum absolute atomic E-state index is 0.0245. The molecule has 4 N–H and O–H groups in total. The van der Waals surface area contributed by atoms with Crippen molar-refractivity contribution < 1.29 is 34.4 Å². The molecule has 0 spiro atoms. The fourth-order valence-electron chi connectivity index (χ4n) is 5.84. The Morgan fingerprint density at radius 2 is 1.89 bits per heavy atom. The van der Waals surface area contributed by atoms with Crippen molar-refractivity contribution in [1.29, 1.82) is 0 Å². The second-order valence-electron chi connectivity index (χ2n) is 9.59. The molecule has 0 bridgehead atoms. The normalized spacial score (nSPS) is 26.0. The number of rotatable bonds is 7. The van der Waals surface area contributed by atoms with Gasteiger partial charge in [0.25, 0.3) is 0 Å². The number of aliphatic hydroxyl groups is 3. The molecule has 4 atom stereocenters. The molecule has 2 amide bonds. The summed E-state index contributed by atoms with van der Waals surface area (Å²) >= 11 is 0. The Bertz CT molecular complexity index is 971. The molecule has 9 nitrogen and oxygen atoms in total. The molecule has 0 saturated heterocycles. The second-order valence-corrected chi connectivity index (χ2v) is 9.59. The van der Waals surface area contributed by atoms with Gasteiger partial charge in [0.1, 0.15) is 12.2 Å². The van der Waals surface area contributed by atoms with E-state index in [-0.39, 0.29) is 37.6 Å². The molecule has 4 rings (SSSR count). The van der Waals surface area contributed by atoms with Gasteiger partial charge in [-0.3, -0.25) is 9.59 Å².